The summed E-state index contributed by atoms with van der Waals surface area (Å²) in [6.45, 7) is 2.44. The minimum absolute atomic E-state index is 0.00914. The first-order valence-electron chi connectivity index (χ1n) is 6.99. The first kappa shape index (κ1) is 18.0. The molecule has 22 heavy (non-hydrogen) atoms. The smallest absolute Gasteiger partial charge is 0.328 e. The van der Waals surface area contributed by atoms with Crippen LogP contribution in [0.2, 0.25) is 0 Å². The maximum Gasteiger partial charge on any atom is 0.328 e. The Bertz CT molecular complexity index is 611. The molecule has 8 heteroatoms. The Morgan fingerprint density at radius 1 is 1.14 bits per heavy atom. The molecule has 0 aliphatic heterocycles. The van der Waals surface area contributed by atoms with Gasteiger partial charge in [0.2, 0.25) is 5.91 Å². The van der Waals surface area contributed by atoms with Crippen molar-refractivity contribution in [1.29, 1.82) is 0 Å². The molecular weight excluding hydrogens is 306 g/mol. The van der Waals surface area contributed by atoms with Crippen molar-refractivity contribution in [1.82, 2.24) is 15.4 Å². The minimum atomic E-state index is -3.86. The summed E-state index contributed by atoms with van der Waals surface area (Å²) in [4.78, 5) is 22.4. The Morgan fingerprint density at radius 3 is 2.32 bits per heavy atom. The van der Waals surface area contributed by atoms with Crippen LogP contribution in [-0.2, 0) is 21.2 Å². The molecule has 0 spiro atoms. The van der Waals surface area contributed by atoms with Gasteiger partial charge < -0.3 is 10.6 Å². The fourth-order valence-corrected chi connectivity index (χ4v) is 2.69. The molecule has 3 amide bonds. The van der Waals surface area contributed by atoms with Crippen LogP contribution < -0.4 is 15.4 Å². The van der Waals surface area contributed by atoms with E-state index in [9.17, 15) is 18.0 Å². The Morgan fingerprint density at radius 2 is 1.77 bits per heavy atom. The van der Waals surface area contributed by atoms with Gasteiger partial charge in [-0.25, -0.2) is 17.9 Å². The van der Waals surface area contributed by atoms with Crippen LogP contribution in [0.1, 0.15) is 25.3 Å². The summed E-state index contributed by atoms with van der Waals surface area (Å²) < 4.78 is 25.6. The van der Waals surface area contributed by atoms with Crippen molar-refractivity contribution in [3.8, 4) is 0 Å². The number of nitrogens with one attached hydrogen (secondary N) is 3. The first-order chi connectivity index (χ1) is 10.4. The highest BCUT2D eigenvalue weighted by molar-refractivity contribution is 7.90. The fourth-order valence-electron chi connectivity index (χ4n) is 1.73. The molecule has 0 saturated heterocycles. The van der Waals surface area contributed by atoms with Crippen LogP contribution in [0, 0.1) is 0 Å². The number of carbonyl (C=O) groups is 2. The topological polar surface area (TPSA) is 104 Å². The lowest BCUT2D eigenvalue weighted by atomic mass is 10.1. The molecule has 0 unspecified atom stereocenters. The molecule has 0 atom stereocenters. The van der Waals surface area contributed by atoms with Crippen molar-refractivity contribution in [2.45, 2.75) is 31.1 Å². The highest BCUT2D eigenvalue weighted by atomic mass is 32.2. The molecule has 122 valence electrons. The van der Waals surface area contributed by atoms with Gasteiger partial charge in [0.25, 0.3) is 10.0 Å². The number of benzene rings is 1. The van der Waals surface area contributed by atoms with Crippen LogP contribution in [0.5, 0.6) is 0 Å². The molecule has 3 N–H and O–H groups in total. The van der Waals surface area contributed by atoms with Gasteiger partial charge in [0.1, 0.15) is 0 Å². The van der Waals surface area contributed by atoms with Gasteiger partial charge in [-0.1, -0.05) is 19.1 Å². The van der Waals surface area contributed by atoms with E-state index in [-0.39, 0.29) is 10.8 Å². The molecule has 0 heterocycles. The van der Waals surface area contributed by atoms with Gasteiger partial charge in [0.15, 0.2) is 0 Å². The van der Waals surface area contributed by atoms with E-state index >= 15 is 0 Å². The van der Waals surface area contributed by atoms with Gasteiger partial charge in [-0.2, -0.15) is 0 Å². The number of amides is 3. The van der Waals surface area contributed by atoms with Crippen LogP contribution >= 0.6 is 0 Å². The molecule has 1 aromatic carbocycles. The number of sulfonamides is 1. The zero-order valence-corrected chi connectivity index (χ0v) is 13.5. The SMILES string of the molecule is CCCC(=O)NCCc1ccc(S(=O)(=O)NC(=O)NC)cc1. The molecule has 0 aromatic heterocycles. The standard InChI is InChI=1S/C14H21N3O4S/c1-3-4-13(18)16-10-9-11-5-7-12(8-6-11)22(20,21)17-14(19)15-2/h5-8H,3-4,9-10H2,1-2H3,(H,16,18)(H2,15,17,19). The maximum atomic E-state index is 11.9. The first-order valence-corrected chi connectivity index (χ1v) is 8.47. The second-order valence-electron chi connectivity index (χ2n) is 4.68. The van der Waals surface area contributed by atoms with E-state index in [4.69, 9.17) is 0 Å². The summed E-state index contributed by atoms with van der Waals surface area (Å²) in [5.74, 6) is 0.0106. The predicted octanol–water partition coefficient (Wildman–Crippen LogP) is 0.763. The number of carbonyl (C=O) groups excluding carboxylic acids is 2. The van der Waals surface area contributed by atoms with Gasteiger partial charge in [0, 0.05) is 20.0 Å². The maximum absolute atomic E-state index is 11.9. The zero-order valence-electron chi connectivity index (χ0n) is 12.7. The second-order valence-corrected chi connectivity index (χ2v) is 6.36. The van der Waals surface area contributed by atoms with Crippen LogP contribution in [0.4, 0.5) is 4.79 Å². The van der Waals surface area contributed by atoms with E-state index in [1.165, 1.54) is 19.2 Å². The van der Waals surface area contributed by atoms with E-state index in [1.54, 1.807) is 12.1 Å². The molecule has 0 radical (unpaired) electrons. The Balaban J connectivity index is 2.59. The lowest BCUT2D eigenvalue weighted by Gasteiger charge is -2.08. The lowest BCUT2D eigenvalue weighted by Crippen LogP contribution is -2.37. The fraction of sp³-hybridized carbons (Fsp3) is 0.429. The summed E-state index contributed by atoms with van der Waals surface area (Å²) in [6.07, 6.45) is 1.91. The van der Waals surface area contributed by atoms with Gasteiger partial charge in [-0.05, 0) is 30.5 Å². The average molecular weight is 327 g/mol. The summed E-state index contributed by atoms with van der Waals surface area (Å²) in [6, 6.07) is 5.38. The molecule has 1 aromatic rings. The highest BCUT2D eigenvalue weighted by Crippen LogP contribution is 2.10. The second kappa shape index (κ2) is 8.38. The van der Waals surface area contributed by atoms with E-state index in [1.807, 2.05) is 11.6 Å². The zero-order chi connectivity index (χ0) is 16.6. The van der Waals surface area contributed by atoms with E-state index < -0.39 is 16.1 Å². The normalized spacial score (nSPS) is 10.8. The van der Waals surface area contributed by atoms with E-state index in [2.05, 4.69) is 10.6 Å². The average Bonchev–Trinajstić information content (AvgIpc) is 2.47. The third-order valence-electron chi connectivity index (χ3n) is 2.90. The van der Waals surface area contributed by atoms with E-state index in [0.29, 0.717) is 19.4 Å². The molecule has 0 aliphatic rings. The summed E-state index contributed by atoms with van der Waals surface area (Å²) >= 11 is 0. The summed E-state index contributed by atoms with van der Waals surface area (Å²) in [5.41, 5.74) is 0.899. The van der Waals surface area contributed by atoms with Crippen molar-refractivity contribution < 1.29 is 18.0 Å². The molecule has 1 rings (SSSR count). The number of urea groups is 1. The van der Waals surface area contributed by atoms with Gasteiger partial charge >= 0.3 is 6.03 Å². The predicted molar refractivity (Wildman–Crippen MR) is 82.8 cm³/mol. The van der Waals surface area contributed by atoms with Crippen molar-refractivity contribution in [3.05, 3.63) is 29.8 Å². The molecule has 0 bridgehead atoms. The quantitative estimate of drug-likeness (QED) is 0.688. The van der Waals surface area contributed by atoms with Gasteiger partial charge in [0.05, 0.1) is 4.90 Å². The lowest BCUT2D eigenvalue weighted by molar-refractivity contribution is -0.121. The summed E-state index contributed by atoms with van der Waals surface area (Å²) in [7, 11) is -2.53. The largest absolute Gasteiger partial charge is 0.356 e. The molecule has 7 nitrogen and oxygen atoms in total. The number of hydrogen-bond donors (Lipinski definition) is 3. The molecular formula is C14H21N3O4S. The van der Waals surface area contributed by atoms with Crippen LogP contribution in [0.25, 0.3) is 0 Å². The van der Waals surface area contributed by atoms with Gasteiger partial charge in [-0.3, -0.25) is 4.79 Å². The van der Waals surface area contributed by atoms with E-state index in [0.717, 1.165) is 12.0 Å². The molecule has 0 aliphatic carbocycles. The van der Waals surface area contributed by atoms with Crippen molar-refractivity contribution >= 4 is 22.0 Å². The Hall–Kier alpha value is -2.09. The Kier molecular flexibility index (Phi) is 6.84. The van der Waals surface area contributed by atoms with Crippen molar-refractivity contribution in [2.24, 2.45) is 0 Å². The van der Waals surface area contributed by atoms with Crippen molar-refractivity contribution in [3.63, 3.8) is 0 Å². The van der Waals surface area contributed by atoms with Gasteiger partial charge in [-0.15, -0.1) is 0 Å². The van der Waals surface area contributed by atoms with Crippen molar-refractivity contribution in [2.75, 3.05) is 13.6 Å². The van der Waals surface area contributed by atoms with Crippen LogP contribution in [0.3, 0.4) is 0 Å². The number of rotatable bonds is 7. The highest BCUT2D eigenvalue weighted by Gasteiger charge is 2.16. The third-order valence-corrected chi connectivity index (χ3v) is 4.25. The summed E-state index contributed by atoms with van der Waals surface area (Å²) in [5, 5.41) is 4.97. The molecule has 0 fully saturated rings. The van der Waals surface area contributed by atoms with Crippen LogP contribution in [0.15, 0.2) is 29.2 Å². The molecule has 0 saturated carbocycles. The van der Waals surface area contributed by atoms with Crippen LogP contribution in [-0.4, -0.2) is 33.9 Å². The third kappa shape index (κ3) is 5.72. The number of hydrogen-bond acceptors (Lipinski definition) is 4. The Labute approximate surface area is 130 Å². The minimum Gasteiger partial charge on any atom is -0.356 e. The monoisotopic (exact) mass is 327 g/mol.